The van der Waals surface area contributed by atoms with Gasteiger partial charge in [-0.05, 0) is 0 Å². The van der Waals surface area contributed by atoms with Gasteiger partial charge in [-0.1, -0.05) is 0 Å². The average Bonchev–Trinajstić information content (AvgIpc) is 3.46. The molecule has 0 fully saturated rings. The number of unbranched alkanes of at least 4 members (excludes halogenated alkanes) is 3. The Bertz CT molecular complexity index is 1140. The first kappa shape index (κ1) is 30.1. The summed E-state index contributed by atoms with van der Waals surface area (Å²) >= 11 is -2.93. The van der Waals surface area contributed by atoms with Crippen molar-refractivity contribution in [2.24, 2.45) is 0 Å². The maximum atomic E-state index is 6.37. The van der Waals surface area contributed by atoms with E-state index in [-0.39, 0.29) is 0 Å². The molecule has 2 aromatic carbocycles. The molecule has 38 heavy (non-hydrogen) atoms. The normalized spacial score (nSPS) is 11.4. The first-order valence-corrected chi connectivity index (χ1v) is 21.3. The van der Waals surface area contributed by atoms with Crippen LogP contribution in [0.25, 0.3) is 22.9 Å². The summed E-state index contributed by atoms with van der Waals surface area (Å²) in [7, 11) is 6.62. The van der Waals surface area contributed by atoms with Crippen LogP contribution < -0.4 is 22.5 Å². The third kappa shape index (κ3) is 6.77. The second-order valence-electron chi connectivity index (χ2n) is 9.83. The molecule has 0 aliphatic heterocycles. The molecular formula is C30H44N2O5Sn. The molecule has 0 atom stereocenters. The Balaban J connectivity index is 2.21. The minimum absolute atomic E-state index is 0.443. The van der Waals surface area contributed by atoms with Gasteiger partial charge in [-0.25, -0.2) is 0 Å². The third-order valence-corrected chi connectivity index (χ3v) is 23.1. The zero-order valence-electron chi connectivity index (χ0n) is 24.2. The van der Waals surface area contributed by atoms with Gasteiger partial charge in [-0.15, -0.1) is 0 Å². The molecule has 0 saturated heterocycles. The van der Waals surface area contributed by atoms with Gasteiger partial charge in [-0.2, -0.15) is 0 Å². The summed E-state index contributed by atoms with van der Waals surface area (Å²) in [6, 6.07) is 9.91. The average molecular weight is 631 g/mol. The Labute approximate surface area is 232 Å². The molecule has 8 heteroatoms. The van der Waals surface area contributed by atoms with E-state index < -0.39 is 18.4 Å². The number of methoxy groups -OCH3 is 4. The molecule has 0 aliphatic carbocycles. The summed E-state index contributed by atoms with van der Waals surface area (Å²) in [6.07, 6.45) is 7.34. The number of nitrogens with zero attached hydrogens (tertiary/aromatic N) is 2. The molecule has 1 heterocycles. The molecule has 0 spiro atoms. The predicted molar refractivity (Wildman–Crippen MR) is 156 cm³/mol. The zero-order valence-corrected chi connectivity index (χ0v) is 27.0. The van der Waals surface area contributed by atoms with E-state index in [1.54, 1.807) is 28.4 Å². The van der Waals surface area contributed by atoms with E-state index in [1.165, 1.54) is 55.4 Å². The van der Waals surface area contributed by atoms with Gasteiger partial charge in [-0.3, -0.25) is 0 Å². The Morgan fingerprint density at radius 2 is 1.13 bits per heavy atom. The van der Waals surface area contributed by atoms with Crippen molar-refractivity contribution < 1.29 is 23.4 Å². The van der Waals surface area contributed by atoms with Gasteiger partial charge in [0.2, 0.25) is 0 Å². The Morgan fingerprint density at radius 3 is 1.66 bits per heavy atom. The fourth-order valence-electron chi connectivity index (χ4n) is 5.24. The Hall–Kier alpha value is -2.42. The van der Waals surface area contributed by atoms with Crippen LogP contribution in [0.4, 0.5) is 0 Å². The van der Waals surface area contributed by atoms with Crippen LogP contribution in [0, 0.1) is 0 Å². The van der Waals surface area contributed by atoms with E-state index in [0.717, 1.165) is 16.9 Å². The molecule has 3 rings (SSSR count). The van der Waals surface area contributed by atoms with Crippen molar-refractivity contribution in [3.05, 3.63) is 30.3 Å². The Kier molecular flexibility index (Phi) is 11.6. The summed E-state index contributed by atoms with van der Waals surface area (Å²) in [5, 5.41) is 8.99. The van der Waals surface area contributed by atoms with E-state index in [4.69, 9.17) is 23.4 Å². The van der Waals surface area contributed by atoms with Crippen LogP contribution in [0.15, 0.2) is 34.7 Å². The predicted octanol–water partition coefficient (Wildman–Crippen LogP) is 7.49. The van der Waals surface area contributed by atoms with Crippen molar-refractivity contribution in [1.29, 1.82) is 0 Å². The second-order valence-corrected chi connectivity index (χ2v) is 23.0. The zero-order chi connectivity index (χ0) is 27.5. The monoisotopic (exact) mass is 632 g/mol. The van der Waals surface area contributed by atoms with Crippen molar-refractivity contribution >= 4 is 22.0 Å². The van der Waals surface area contributed by atoms with Crippen molar-refractivity contribution in [3.63, 3.8) is 0 Å². The van der Waals surface area contributed by atoms with Crippen LogP contribution in [-0.2, 0) is 0 Å². The fourth-order valence-corrected chi connectivity index (χ4v) is 21.9. The van der Waals surface area contributed by atoms with E-state index in [9.17, 15) is 0 Å². The van der Waals surface area contributed by atoms with Gasteiger partial charge in [0.05, 0.1) is 0 Å². The third-order valence-electron chi connectivity index (χ3n) is 7.41. The van der Waals surface area contributed by atoms with Crippen LogP contribution in [0.5, 0.6) is 23.0 Å². The molecule has 0 unspecified atom stereocenters. The molecule has 0 amide bonds. The Morgan fingerprint density at radius 1 is 0.632 bits per heavy atom. The first-order valence-electron chi connectivity index (χ1n) is 13.8. The standard InChI is InChI=1S/C18H17N2O5.3C4H9.Sn/c1-21-13-7-5-11(9-15(13)23-3)17-19-20-18(25-17)12-6-8-14(22-2)16(10-12)24-4;3*1-3-4-2;/h5,7-10H,1-4H3;3*1,3-4H2,2H3;. The van der Waals surface area contributed by atoms with Gasteiger partial charge in [0.25, 0.3) is 0 Å². The van der Waals surface area contributed by atoms with Crippen LogP contribution in [0.1, 0.15) is 59.3 Å². The minimum atomic E-state index is -2.93. The fraction of sp³-hybridized carbons (Fsp3) is 0.533. The molecule has 208 valence electrons. The number of ether oxygens (including phenoxy) is 4. The molecule has 0 N–H and O–H groups in total. The van der Waals surface area contributed by atoms with Crippen molar-refractivity contribution in [1.82, 2.24) is 10.2 Å². The summed E-state index contributed by atoms with van der Waals surface area (Å²) in [5.41, 5.74) is 1.78. The van der Waals surface area contributed by atoms with E-state index in [1.807, 2.05) is 18.2 Å². The second kappa shape index (κ2) is 14.7. The molecule has 0 bridgehead atoms. The number of aromatic nitrogens is 2. The summed E-state index contributed by atoms with van der Waals surface area (Å²) in [5.74, 6) is 3.69. The molecular weight excluding hydrogens is 587 g/mol. The molecule has 0 saturated carbocycles. The van der Waals surface area contributed by atoms with Gasteiger partial charge in [0, 0.05) is 0 Å². The van der Waals surface area contributed by atoms with Crippen LogP contribution in [-0.4, -0.2) is 57.0 Å². The van der Waals surface area contributed by atoms with E-state index in [2.05, 4.69) is 43.1 Å². The van der Waals surface area contributed by atoms with Crippen molar-refractivity contribution in [3.8, 4) is 45.9 Å². The van der Waals surface area contributed by atoms with Crippen LogP contribution in [0.2, 0.25) is 13.3 Å². The number of rotatable bonds is 16. The van der Waals surface area contributed by atoms with Gasteiger partial charge < -0.3 is 0 Å². The maximum absolute atomic E-state index is 6.37. The quantitative estimate of drug-likeness (QED) is 0.152. The topological polar surface area (TPSA) is 75.8 Å². The van der Waals surface area contributed by atoms with Crippen LogP contribution in [0.3, 0.4) is 0 Å². The number of hydrogen-bond acceptors (Lipinski definition) is 7. The van der Waals surface area contributed by atoms with E-state index >= 15 is 0 Å². The van der Waals surface area contributed by atoms with Crippen LogP contribution >= 0.6 is 0 Å². The summed E-state index contributed by atoms with van der Waals surface area (Å²) in [6.45, 7) is 6.87. The van der Waals surface area contributed by atoms with Gasteiger partial charge >= 0.3 is 233 Å². The van der Waals surface area contributed by atoms with Crippen molar-refractivity contribution in [2.45, 2.75) is 72.6 Å². The summed E-state index contributed by atoms with van der Waals surface area (Å²) in [4.78, 5) is 0. The molecule has 0 aliphatic rings. The molecule has 0 radical (unpaired) electrons. The first-order chi connectivity index (χ1) is 18.5. The summed E-state index contributed by atoms with van der Waals surface area (Å²) < 4.78 is 34.1. The molecule has 7 nitrogen and oxygen atoms in total. The van der Waals surface area contributed by atoms with Crippen molar-refractivity contribution in [2.75, 3.05) is 28.4 Å². The molecule has 1 aromatic heterocycles. The molecule has 3 aromatic rings. The number of hydrogen-bond donors (Lipinski definition) is 0. The number of benzene rings is 2. The van der Waals surface area contributed by atoms with E-state index in [0.29, 0.717) is 29.0 Å². The SMILES string of the molecule is CCC[CH2][Sn]([CH2]CCC)([CH2]CCC)[c]1cc(OC)c(OC)cc1-c1nnc(-c2ccc(OC)c(OC)c2)o1. The van der Waals surface area contributed by atoms with Gasteiger partial charge in [0.1, 0.15) is 0 Å². The van der Waals surface area contributed by atoms with Gasteiger partial charge in [0.15, 0.2) is 0 Å².